The van der Waals surface area contributed by atoms with Gasteiger partial charge in [-0.15, -0.1) is 0 Å². The van der Waals surface area contributed by atoms with Crippen LogP contribution in [0.5, 0.6) is 5.75 Å². The van der Waals surface area contributed by atoms with Crippen LogP contribution in [-0.2, 0) is 15.0 Å². The number of aromatic hydroxyl groups is 1. The summed E-state index contributed by atoms with van der Waals surface area (Å²) in [6, 6.07) is 15.4. The minimum absolute atomic E-state index is 0.125. The monoisotopic (exact) mass is 431 g/mol. The van der Waals surface area contributed by atoms with Gasteiger partial charge in [-0.05, 0) is 37.6 Å². The number of benzene rings is 2. The second-order valence-electron chi connectivity index (χ2n) is 4.08. The molecule has 0 heterocycles. The van der Waals surface area contributed by atoms with Crippen LogP contribution in [0.25, 0.3) is 0 Å². The molecule has 0 bridgehead atoms. The summed E-state index contributed by atoms with van der Waals surface area (Å²) in [5, 5.41) is 9.97. The Kier molecular flexibility index (Phi) is 8.38. The van der Waals surface area contributed by atoms with E-state index in [1.807, 2.05) is 62.4 Å². The summed E-state index contributed by atoms with van der Waals surface area (Å²) in [6.45, 7) is 3.79. The second kappa shape index (κ2) is 9.51. The third-order valence-electron chi connectivity index (χ3n) is 2.68. The Hall–Kier alpha value is -0.416. The van der Waals surface area contributed by atoms with Gasteiger partial charge in [0, 0.05) is 11.3 Å². The molecule has 0 aliphatic rings. The number of halogens is 2. The Morgan fingerprint density at radius 1 is 1.05 bits per heavy atom. The van der Waals surface area contributed by atoms with Gasteiger partial charge in [-0.3, -0.25) is 4.99 Å². The Bertz CT molecular complexity index is 573. The molecule has 0 unspecified atom stereocenters. The molecule has 0 atom stereocenters. The normalized spacial score (nSPS) is 10.5. The molecule has 0 radical (unpaired) electrons. The Morgan fingerprint density at radius 3 is 2.25 bits per heavy atom. The summed E-state index contributed by atoms with van der Waals surface area (Å²) in [4.78, 5) is 4.49. The molecule has 0 aromatic heterocycles. The fourth-order valence-electron chi connectivity index (χ4n) is 1.71. The van der Waals surface area contributed by atoms with E-state index in [0.29, 0.717) is 5.75 Å². The number of phenolic OH excluding ortho intramolecular Hbond substituents is 1. The van der Waals surface area contributed by atoms with Gasteiger partial charge in [-0.25, -0.2) is 0 Å². The maximum atomic E-state index is 9.97. The molecular formula is C15H15Br2NOTi. The summed E-state index contributed by atoms with van der Waals surface area (Å²) in [5.41, 5.74) is 3.36. The van der Waals surface area contributed by atoms with Crippen LogP contribution in [0.2, 0.25) is 0 Å². The van der Waals surface area contributed by atoms with E-state index in [0.717, 1.165) is 22.5 Å². The zero-order valence-electron chi connectivity index (χ0n) is 11.3. The standard InChI is InChI=1S/C15H15NO.2BrH.Ti/c1-11-7-6-10-14(15(11)17)12(2)16-13-8-4-3-5-9-13;;;/h3-10,17H,1-2H3;2*1H;/q;;;+2/p-2. The number of hydrogen-bond acceptors (Lipinski definition) is 2. The van der Waals surface area contributed by atoms with Crippen molar-refractivity contribution in [3.63, 3.8) is 0 Å². The van der Waals surface area contributed by atoms with Gasteiger partial charge in [-0.1, -0.05) is 30.3 Å². The van der Waals surface area contributed by atoms with Crippen LogP contribution in [0.1, 0.15) is 18.1 Å². The van der Waals surface area contributed by atoms with Gasteiger partial charge in [0.2, 0.25) is 0 Å². The van der Waals surface area contributed by atoms with Gasteiger partial charge >= 0.3 is 41.3 Å². The molecule has 104 valence electrons. The number of hydrogen-bond donors (Lipinski definition) is 1. The summed E-state index contributed by atoms with van der Waals surface area (Å²) < 4.78 is 0. The molecule has 2 rings (SSSR count). The van der Waals surface area contributed by atoms with Crippen molar-refractivity contribution < 1.29 is 20.1 Å². The van der Waals surface area contributed by atoms with Gasteiger partial charge in [0.15, 0.2) is 0 Å². The first kappa shape index (κ1) is 17.6. The number of rotatable bonds is 2. The van der Waals surface area contributed by atoms with E-state index in [1.54, 1.807) is 0 Å². The average Bonchev–Trinajstić information content (AvgIpc) is 2.44. The first-order chi connectivity index (χ1) is 9.60. The predicted octanol–water partition coefficient (Wildman–Crippen LogP) is 5.53. The summed E-state index contributed by atoms with van der Waals surface area (Å²) >= 11 is 6.50. The molecular weight excluding hydrogens is 418 g/mol. The van der Waals surface area contributed by atoms with Gasteiger partial charge in [0.1, 0.15) is 5.75 Å². The molecule has 0 aliphatic heterocycles. The zero-order valence-corrected chi connectivity index (χ0v) is 16.0. The molecule has 0 saturated heterocycles. The van der Waals surface area contributed by atoms with E-state index in [-0.39, 0.29) is 15.0 Å². The first-order valence-electron chi connectivity index (χ1n) is 5.95. The van der Waals surface area contributed by atoms with Crippen molar-refractivity contribution in [2.45, 2.75) is 13.8 Å². The summed E-state index contributed by atoms with van der Waals surface area (Å²) in [6.07, 6.45) is 0. The van der Waals surface area contributed by atoms with Crippen molar-refractivity contribution in [2.75, 3.05) is 0 Å². The topological polar surface area (TPSA) is 32.6 Å². The van der Waals surface area contributed by atoms with Gasteiger partial charge in [0.25, 0.3) is 0 Å². The molecule has 0 spiro atoms. The molecule has 0 saturated carbocycles. The van der Waals surface area contributed by atoms with Crippen molar-refractivity contribution in [1.29, 1.82) is 0 Å². The number of para-hydroxylation sites is 2. The fourth-order valence-corrected chi connectivity index (χ4v) is 1.71. The van der Waals surface area contributed by atoms with Crippen molar-refractivity contribution >= 4 is 37.7 Å². The number of nitrogens with zero attached hydrogens (tertiary/aromatic N) is 1. The van der Waals surface area contributed by atoms with Gasteiger partial charge in [-0.2, -0.15) is 0 Å². The summed E-state index contributed by atoms with van der Waals surface area (Å²) in [7, 11) is 0. The molecule has 20 heavy (non-hydrogen) atoms. The van der Waals surface area contributed by atoms with E-state index < -0.39 is 0 Å². The van der Waals surface area contributed by atoms with Crippen molar-refractivity contribution in [1.82, 2.24) is 0 Å². The van der Waals surface area contributed by atoms with Gasteiger partial charge < -0.3 is 5.11 Å². The quantitative estimate of drug-likeness (QED) is 0.491. The van der Waals surface area contributed by atoms with Crippen LogP contribution in [0.4, 0.5) is 5.69 Å². The van der Waals surface area contributed by atoms with E-state index in [4.69, 9.17) is 0 Å². The van der Waals surface area contributed by atoms with Gasteiger partial charge in [0.05, 0.1) is 5.69 Å². The molecule has 0 amide bonds. The van der Waals surface area contributed by atoms with Crippen LogP contribution in [0, 0.1) is 6.92 Å². The molecule has 2 nitrogen and oxygen atoms in total. The SMILES string of the molecule is CC(=Nc1ccccc1)c1cccc(C)c1O.[Br][Ti][Br]. The third kappa shape index (κ3) is 5.53. The van der Waals surface area contributed by atoms with Crippen LogP contribution < -0.4 is 0 Å². The third-order valence-corrected chi connectivity index (χ3v) is 2.68. The molecule has 2 aromatic carbocycles. The number of aliphatic imine (C=N–C) groups is 1. The minimum atomic E-state index is 0.125. The average molecular weight is 433 g/mol. The second-order valence-corrected chi connectivity index (χ2v) is 12.0. The maximum absolute atomic E-state index is 9.97. The summed E-state index contributed by atoms with van der Waals surface area (Å²) in [5.74, 6) is 0.310. The molecule has 5 heteroatoms. The number of aryl methyl sites for hydroxylation is 1. The van der Waals surface area contributed by atoms with Crippen molar-refractivity contribution in [2.24, 2.45) is 4.99 Å². The van der Waals surface area contributed by atoms with E-state index >= 15 is 0 Å². The molecule has 1 N–H and O–H groups in total. The van der Waals surface area contributed by atoms with Crippen LogP contribution in [0.15, 0.2) is 53.5 Å². The Balaban J connectivity index is 0.000000612. The van der Waals surface area contributed by atoms with Crippen molar-refractivity contribution in [3.8, 4) is 5.75 Å². The zero-order chi connectivity index (χ0) is 15.0. The first-order valence-corrected chi connectivity index (χ1v) is 13.7. The van der Waals surface area contributed by atoms with Crippen LogP contribution in [0.3, 0.4) is 0 Å². The molecule has 2 aromatic rings. The van der Waals surface area contributed by atoms with Crippen LogP contribution >= 0.6 is 26.3 Å². The van der Waals surface area contributed by atoms with E-state index in [1.165, 1.54) is 0 Å². The predicted molar refractivity (Wildman–Crippen MR) is 89.0 cm³/mol. The fraction of sp³-hybridized carbons (Fsp3) is 0.133. The molecule has 0 fully saturated rings. The van der Waals surface area contributed by atoms with Crippen LogP contribution in [-0.4, -0.2) is 10.8 Å². The van der Waals surface area contributed by atoms with E-state index in [2.05, 4.69) is 31.3 Å². The number of phenols is 1. The van der Waals surface area contributed by atoms with E-state index in [9.17, 15) is 5.11 Å². The Morgan fingerprint density at radius 2 is 1.65 bits per heavy atom. The Labute approximate surface area is 141 Å². The molecule has 0 aliphatic carbocycles. The van der Waals surface area contributed by atoms with Crippen molar-refractivity contribution in [3.05, 3.63) is 59.7 Å².